The van der Waals surface area contributed by atoms with E-state index in [-0.39, 0.29) is 109 Å². The fraction of sp³-hybridized carbons (Fsp3) is 0.0625. The third-order valence-corrected chi connectivity index (χ3v) is 25.6. The second-order valence-electron chi connectivity index (χ2n) is 36.2. The van der Waals surface area contributed by atoms with Crippen LogP contribution in [0.15, 0.2) is 441 Å². The van der Waals surface area contributed by atoms with E-state index in [2.05, 4.69) is 159 Å². The molecule has 0 spiro atoms. The van der Waals surface area contributed by atoms with E-state index in [1.807, 2.05) is 217 Å². The normalized spacial score (nSPS) is 13.9. The number of para-hydroxylation sites is 14. The zero-order valence-electron chi connectivity index (χ0n) is 97.4. The fourth-order valence-corrected chi connectivity index (χ4v) is 19.0. The molecule has 26 rings (SSSR count). The van der Waals surface area contributed by atoms with Crippen LogP contribution in [0.1, 0.15) is 80.1 Å². The summed E-state index contributed by atoms with van der Waals surface area (Å²) in [6.45, 7) is 13.1. The number of pyridine rings is 2. The van der Waals surface area contributed by atoms with Gasteiger partial charge in [0.15, 0.2) is 17.2 Å². The molecule has 0 saturated carbocycles. The molecule has 15 heteroatoms. The summed E-state index contributed by atoms with van der Waals surface area (Å²) in [7, 11) is 0. The molecular weight excluding hydrogens is 2120 g/mol. The van der Waals surface area contributed by atoms with Gasteiger partial charge in [-0.25, -0.2) is 9.97 Å². The van der Waals surface area contributed by atoms with Gasteiger partial charge in [-0.3, -0.25) is 9.13 Å². The first-order valence-electron chi connectivity index (χ1n) is 56.0. The Morgan fingerprint density at radius 1 is 0.301 bits per heavy atom. The molecule has 0 unspecified atom stereocenters. The molecule has 0 amide bonds. The number of benzene rings is 18. The van der Waals surface area contributed by atoms with Crippen LogP contribution in [0.3, 0.4) is 0 Å². The van der Waals surface area contributed by atoms with Gasteiger partial charge < -0.3 is 41.6 Å². The molecule has 25 aromatic rings. The van der Waals surface area contributed by atoms with Crippen molar-refractivity contribution in [2.45, 2.75) is 52.4 Å². The molecule has 18 aromatic carbocycles. The Hall–Kier alpha value is -16.8. The van der Waals surface area contributed by atoms with Crippen molar-refractivity contribution in [1.29, 1.82) is 0 Å². The summed E-state index contributed by atoms with van der Waals surface area (Å²) < 4.78 is 211. The second kappa shape index (κ2) is 37.1. The number of fused-ring (bicyclic) bond motifs is 15. The molecule has 7 aromatic heterocycles. The minimum atomic E-state index is -0.587. The summed E-state index contributed by atoms with van der Waals surface area (Å²) in [4.78, 5) is 11.9. The Morgan fingerprint density at radius 2 is 0.678 bits per heavy atom. The maximum Gasteiger partial charge on any atom is 0.268 e. The molecular formula is C128H90N10O3Pt2-4. The third-order valence-electron chi connectivity index (χ3n) is 25.6. The Labute approximate surface area is 884 Å². The zero-order chi connectivity index (χ0) is 112. The van der Waals surface area contributed by atoms with E-state index in [0.717, 1.165) is 82.7 Å². The molecule has 0 atom stereocenters. The van der Waals surface area contributed by atoms with Gasteiger partial charge in [-0.1, -0.05) is 367 Å². The molecule has 0 fully saturated rings. The van der Waals surface area contributed by atoms with Crippen LogP contribution in [0.25, 0.3) is 183 Å². The first-order valence-corrected chi connectivity index (χ1v) is 46.0. The predicted molar refractivity (Wildman–Crippen MR) is 569 cm³/mol. The number of ether oxygens (including phenoxy) is 2. The Kier molecular flexibility index (Phi) is 18.1. The molecule has 0 radical (unpaired) electrons. The van der Waals surface area contributed by atoms with Crippen LogP contribution in [0.5, 0.6) is 23.0 Å². The Morgan fingerprint density at radius 3 is 1.17 bits per heavy atom. The summed E-state index contributed by atoms with van der Waals surface area (Å²) in [5.41, 5.74) is 13.6. The minimum absolute atomic E-state index is 0. The molecule has 0 saturated heterocycles. The third kappa shape index (κ3) is 16.1. The van der Waals surface area contributed by atoms with Gasteiger partial charge in [0.05, 0.1) is 72.1 Å². The Bertz CT molecular complexity index is 10400. The average Bonchev–Trinajstić information content (AvgIpc) is 1.64. The van der Waals surface area contributed by atoms with E-state index in [4.69, 9.17) is 40.3 Å². The van der Waals surface area contributed by atoms with Crippen molar-refractivity contribution >= 4 is 116 Å². The van der Waals surface area contributed by atoms with Gasteiger partial charge in [0.2, 0.25) is 0 Å². The van der Waals surface area contributed by atoms with Crippen LogP contribution in [-0.4, -0.2) is 32.8 Å². The Balaban J connectivity index is 0.000000173. The summed E-state index contributed by atoms with van der Waals surface area (Å²) in [5, 5.41) is 5.76. The average molecular weight is 2230 g/mol. The van der Waals surface area contributed by atoms with Gasteiger partial charge in [0, 0.05) is 87.7 Å². The number of imidazole rings is 2. The molecule has 0 aliphatic carbocycles. The van der Waals surface area contributed by atoms with Crippen LogP contribution in [0.2, 0.25) is 0 Å². The van der Waals surface area contributed by atoms with E-state index in [1.165, 1.54) is 0 Å². The SMILES string of the molecule is [2H]c1c([2H])c([2H])c(-c2cccc(-c3c([2H])c([2H])c([2H])c([2H])c3[2H])c2-[n+]2[c-]n(-c3[c-]c4c(cc3)Oc3ccccc3Oc3ccccc3N4c3[c-]c4c(cc3)c3ccccc3n4-c3cc(C(C)(C)C)ccn3)c3ccccc32)c([2H])c1[2H].[2H]c1c([2H])c([2H])c(-c2cccc(-c3c([2H])c([2H])c([2H])c([2H])c3[2H])c2-[n+]2[c-]n(-c3[c-]c4c(cc3)oc3ccccc3c3ccccc3n4-c3[c-]c4c(cc3)c3ccccc3n4-c3cc(C(C)(C)C)ccn3)c3ccccc32)c([2H])c1[2H].[Pt].[Pt]. The van der Waals surface area contributed by atoms with E-state index in [0.29, 0.717) is 95.9 Å². The first kappa shape index (κ1) is 69.9. The molecule has 8 heterocycles. The quantitative estimate of drug-likeness (QED) is 0.0894. The summed E-state index contributed by atoms with van der Waals surface area (Å²) in [6.07, 6.45) is 10.7. The smallest absolute Gasteiger partial charge is 0.268 e. The van der Waals surface area contributed by atoms with Crippen molar-refractivity contribution in [3.63, 3.8) is 0 Å². The topological polar surface area (TPSA) is 93.0 Å². The number of rotatable bonds is 12. The standard InChI is InChI=1S/C64H45N5O2.C64H45N5O.2Pt/c1-64(2,3)45-37-38-65-62(39-45)69-52-26-11-10-23-50(52)51-35-33-47(41-56(51)69)68-55-29-14-15-30-58(55)70-60-31-16-17-32-61(60)71-59-36-34-46(40-57(59)68)66-42-67(54-28-13-12-27-53(54)66)63-48(43-19-6-4-7-20-43)24-18-25-49(63)44-21-8-5-9-22-44;1-64(2,3)45-37-38-65-62(39-45)69-55-29-14-10-23-50(55)52-35-33-47(41-58(52)69)68-54-28-13-11-24-51(54)53-25-12-17-32-60(53)70-61-36-34-46(40-59(61)68)66-42-67(57-31-16-15-30-56(57)66)63-48(43-19-6-4-7-20-43)26-18-27-49(63)44-21-8-5-9-22-44;;/h4-39H,1-3H3;4-39H,1-3H3;;/q2*-2;;/i2*4D,5D,6D,7D,8D,9D,19D,20D,21D,22D;;. The largest absolute Gasteiger partial charge is 0.514 e. The predicted octanol–water partition coefficient (Wildman–Crippen LogP) is 31.2. The fourth-order valence-electron chi connectivity index (χ4n) is 19.0. The maximum atomic E-state index is 9.18. The van der Waals surface area contributed by atoms with Gasteiger partial charge >= 0.3 is 0 Å². The second-order valence-corrected chi connectivity index (χ2v) is 36.2. The van der Waals surface area contributed by atoms with Crippen LogP contribution in [0.4, 0.5) is 17.1 Å². The molecule has 143 heavy (non-hydrogen) atoms. The van der Waals surface area contributed by atoms with Crippen molar-refractivity contribution in [2.75, 3.05) is 4.90 Å². The van der Waals surface area contributed by atoms with Crippen molar-refractivity contribution in [2.24, 2.45) is 0 Å². The van der Waals surface area contributed by atoms with Gasteiger partial charge in [-0.2, -0.15) is 24.3 Å². The number of nitrogens with zero attached hydrogens (tertiary/aromatic N) is 10. The van der Waals surface area contributed by atoms with Crippen molar-refractivity contribution in [3.05, 3.63) is 485 Å². The molecule has 1 aliphatic rings. The van der Waals surface area contributed by atoms with Gasteiger partial charge in [-0.15, -0.1) is 59.3 Å². The maximum absolute atomic E-state index is 9.18. The summed E-state index contributed by atoms with van der Waals surface area (Å²) in [6, 6.07) is 100. The van der Waals surface area contributed by atoms with Crippen molar-refractivity contribution < 1.29 is 92.6 Å². The van der Waals surface area contributed by atoms with Crippen LogP contribution < -0.4 is 23.5 Å². The zero-order valence-corrected chi connectivity index (χ0v) is 81.9. The first-order chi connectivity index (χ1) is 77.5. The van der Waals surface area contributed by atoms with Gasteiger partial charge in [0.1, 0.15) is 17.2 Å². The molecule has 1 aliphatic heterocycles. The molecule has 0 bridgehead atoms. The van der Waals surface area contributed by atoms with Gasteiger partial charge in [-0.05, 0) is 173 Å². The monoisotopic (exact) mass is 2220 g/mol. The number of hydrogen-bond acceptors (Lipinski definition) is 6. The molecule has 694 valence electrons. The van der Waals surface area contributed by atoms with Crippen LogP contribution >= 0.6 is 0 Å². The van der Waals surface area contributed by atoms with E-state index in [9.17, 15) is 11.0 Å². The summed E-state index contributed by atoms with van der Waals surface area (Å²) in [5.74, 6) is 3.32. The minimum Gasteiger partial charge on any atom is -0.514 e. The van der Waals surface area contributed by atoms with Crippen LogP contribution in [0, 0.1) is 36.9 Å². The number of aromatic nitrogens is 9. The number of hydrogen-bond donors (Lipinski definition) is 0. The van der Waals surface area contributed by atoms with E-state index < -0.39 is 121 Å². The molecule has 0 N–H and O–H groups in total. The number of anilines is 3. The van der Waals surface area contributed by atoms with Crippen molar-refractivity contribution in [1.82, 2.24) is 32.8 Å². The van der Waals surface area contributed by atoms with Crippen molar-refractivity contribution in [3.8, 4) is 108 Å². The van der Waals surface area contributed by atoms with Crippen LogP contribution in [-0.2, 0) is 53.0 Å². The molecule has 13 nitrogen and oxygen atoms in total. The van der Waals surface area contributed by atoms with E-state index in [1.54, 1.807) is 54.7 Å². The van der Waals surface area contributed by atoms with E-state index >= 15 is 0 Å². The van der Waals surface area contributed by atoms with Gasteiger partial charge in [0.25, 0.3) is 12.7 Å². The summed E-state index contributed by atoms with van der Waals surface area (Å²) >= 11 is 0.